The van der Waals surface area contributed by atoms with Crippen molar-refractivity contribution in [2.75, 3.05) is 26.3 Å². The van der Waals surface area contributed by atoms with Gasteiger partial charge >= 0.3 is 0 Å². The van der Waals surface area contributed by atoms with Crippen LogP contribution in [0.15, 0.2) is 30.3 Å². The third-order valence-corrected chi connectivity index (χ3v) is 2.80. The van der Waals surface area contributed by atoms with Gasteiger partial charge in [0.2, 0.25) is 5.91 Å². The van der Waals surface area contributed by atoms with Crippen LogP contribution in [0.5, 0.6) is 0 Å². The minimum Gasteiger partial charge on any atom is -0.379 e. The molecule has 4 heteroatoms. The molecule has 0 aliphatic carbocycles. The van der Waals surface area contributed by atoms with Crippen LogP contribution in [-0.4, -0.2) is 37.1 Å². The Labute approximate surface area is 95.0 Å². The number of rotatable bonds is 3. The van der Waals surface area contributed by atoms with Crippen molar-refractivity contribution < 1.29 is 9.53 Å². The molecule has 1 aromatic carbocycles. The summed E-state index contributed by atoms with van der Waals surface area (Å²) in [4.78, 5) is 13.6. The maximum Gasteiger partial charge on any atom is 0.239 e. The van der Waals surface area contributed by atoms with Crippen molar-refractivity contribution in [1.29, 1.82) is 0 Å². The van der Waals surface area contributed by atoms with E-state index < -0.39 is 0 Å². The van der Waals surface area contributed by atoms with E-state index in [2.05, 4.69) is 4.90 Å². The molecule has 1 aliphatic rings. The maximum absolute atomic E-state index is 11.5. The smallest absolute Gasteiger partial charge is 0.239 e. The second kappa shape index (κ2) is 5.09. The van der Waals surface area contributed by atoms with Crippen LogP contribution in [0.3, 0.4) is 0 Å². The van der Waals surface area contributed by atoms with Crippen LogP contribution in [-0.2, 0) is 9.53 Å². The molecule has 1 fully saturated rings. The first-order chi connectivity index (χ1) is 7.79. The van der Waals surface area contributed by atoms with Gasteiger partial charge in [-0.3, -0.25) is 9.69 Å². The van der Waals surface area contributed by atoms with Crippen LogP contribution in [0.2, 0.25) is 0 Å². The summed E-state index contributed by atoms with van der Waals surface area (Å²) in [5, 5.41) is 0. The predicted molar refractivity (Wildman–Crippen MR) is 60.8 cm³/mol. The molecule has 0 saturated carbocycles. The largest absolute Gasteiger partial charge is 0.379 e. The Kier molecular flexibility index (Phi) is 3.54. The van der Waals surface area contributed by atoms with E-state index in [1.165, 1.54) is 0 Å². The van der Waals surface area contributed by atoms with Gasteiger partial charge in [0.15, 0.2) is 0 Å². The summed E-state index contributed by atoms with van der Waals surface area (Å²) in [6.07, 6.45) is 0. The molecule has 1 aromatic rings. The molecule has 1 atom stereocenters. The number of carbonyl (C=O) groups excluding carboxylic acids is 1. The van der Waals surface area contributed by atoms with Gasteiger partial charge in [-0.2, -0.15) is 0 Å². The molecular formula is C12H16N2O2. The summed E-state index contributed by atoms with van der Waals surface area (Å²) in [6.45, 7) is 2.83. The Bertz CT molecular complexity index is 347. The van der Waals surface area contributed by atoms with E-state index >= 15 is 0 Å². The van der Waals surface area contributed by atoms with Gasteiger partial charge in [-0.1, -0.05) is 30.3 Å². The van der Waals surface area contributed by atoms with Gasteiger partial charge in [-0.15, -0.1) is 0 Å². The Morgan fingerprint density at radius 3 is 2.44 bits per heavy atom. The molecule has 2 rings (SSSR count). The minimum atomic E-state index is -0.329. The summed E-state index contributed by atoms with van der Waals surface area (Å²) in [7, 11) is 0. The molecule has 0 spiro atoms. The Balaban J connectivity index is 2.20. The van der Waals surface area contributed by atoms with E-state index in [9.17, 15) is 4.79 Å². The van der Waals surface area contributed by atoms with Crippen molar-refractivity contribution in [3.63, 3.8) is 0 Å². The fraction of sp³-hybridized carbons (Fsp3) is 0.417. The number of hydrogen-bond acceptors (Lipinski definition) is 3. The number of ether oxygens (including phenoxy) is 1. The Morgan fingerprint density at radius 2 is 1.88 bits per heavy atom. The number of nitrogens with two attached hydrogens (primary N) is 1. The molecule has 0 radical (unpaired) electrons. The van der Waals surface area contributed by atoms with E-state index in [0.717, 1.165) is 18.7 Å². The summed E-state index contributed by atoms with van der Waals surface area (Å²) < 4.78 is 5.27. The van der Waals surface area contributed by atoms with Crippen molar-refractivity contribution in [2.24, 2.45) is 5.73 Å². The van der Waals surface area contributed by atoms with E-state index in [4.69, 9.17) is 10.5 Å². The van der Waals surface area contributed by atoms with E-state index in [1.807, 2.05) is 30.3 Å². The second-order valence-electron chi connectivity index (χ2n) is 3.86. The number of carbonyl (C=O) groups is 1. The standard InChI is InChI=1S/C12H16N2O2/c13-12(15)11(10-4-2-1-3-5-10)14-6-8-16-9-7-14/h1-5,11H,6-9H2,(H2,13,15)/t11-/m1/s1. The van der Waals surface area contributed by atoms with Gasteiger partial charge in [0.25, 0.3) is 0 Å². The number of amides is 1. The normalized spacial score (nSPS) is 19.2. The molecule has 1 saturated heterocycles. The van der Waals surface area contributed by atoms with Crippen LogP contribution < -0.4 is 5.73 Å². The van der Waals surface area contributed by atoms with Gasteiger partial charge < -0.3 is 10.5 Å². The van der Waals surface area contributed by atoms with Crippen molar-refractivity contribution >= 4 is 5.91 Å². The molecule has 16 heavy (non-hydrogen) atoms. The van der Waals surface area contributed by atoms with Crippen LogP contribution in [0.25, 0.3) is 0 Å². The lowest BCUT2D eigenvalue weighted by Gasteiger charge is -2.32. The maximum atomic E-state index is 11.5. The second-order valence-corrected chi connectivity index (χ2v) is 3.86. The van der Waals surface area contributed by atoms with Crippen molar-refractivity contribution in [2.45, 2.75) is 6.04 Å². The van der Waals surface area contributed by atoms with Crippen LogP contribution in [0, 0.1) is 0 Å². The molecule has 86 valence electrons. The van der Waals surface area contributed by atoms with Crippen LogP contribution >= 0.6 is 0 Å². The van der Waals surface area contributed by atoms with Crippen LogP contribution in [0.1, 0.15) is 11.6 Å². The first kappa shape index (κ1) is 11.1. The summed E-state index contributed by atoms with van der Waals surface area (Å²) >= 11 is 0. The van der Waals surface area contributed by atoms with Gasteiger partial charge in [-0.05, 0) is 5.56 Å². The zero-order valence-electron chi connectivity index (χ0n) is 9.13. The zero-order chi connectivity index (χ0) is 11.4. The third-order valence-electron chi connectivity index (χ3n) is 2.80. The number of hydrogen-bond donors (Lipinski definition) is 1. The van der Waals surface area contributed by atoms with Crippen LogP contribution in [0.4, 0.5) is 0 Å². The molecule has 1 heterocycles. The molecule has 1 aliphatic heterocycles. The topological polar surface area (TPSA) is 55.6 Å². The number of morpholine rings is 1. The average molecular weight is 220 g/mol. The Hall–Kier alpha value is -1.39. The molecule has 4 nitrogen and oxygen atoms in total. The third kappa shape index (κ3) is 2.40. The molecule has 0 unspecified atom stereocenters. The molecule has 0 aromatic heterocycles. The summed E-state index contributed by atoms with van der Waals surface area (Å²) in [5.41, 5.74) is 6.43. The zero-order valence-corrected chi connectivity index (χ0v) is 9.13. The van der Waals surface area contributed by atoms with Gasteiger partial charge in [0.05, 0.1) is 13.2 Å². The van der Waals surface area contributed by atoms with Crippen molar-refractivity contribution in [3.05, 3.63) is 35.9 Å². The molecule has 1 amide bonds. The molecule has 0 bridgehead atoms. The molecule has 2 N–H and O–H groups in total. The lowest BCUT2D eigenvalue weighted by atomic mass is 10.0. The summed E-state index contributed by atoms with van der Waals surface area (Å²) in [6, 6.07) is 9.32. The van der Waals surface area contributed by atoms with Gasteiger partial charge in [0, 0.05) is 13.1 Å². The van der Waals surface area contributed by atoms with E-state index in [-0.39, 0.29) is 11.9 Å². The minimum absolute atomic E-state index is 0.298. The lowest BCUT2D eigenvalue weighted by molar-refractivity contribution is -0.125. The first-order valence-electron chi connectivity index (χ1n) is 5.45. The predicted octanol–water partition coefficient (Wildman–Crippen LogP) is 0.545. The average Bonchev–Trinajstić information content (AvgIpc) is 2.31. The number of benzene rings is 1. The fourth-order valence-corrected chi connectivity index (χ4v) is 2.03. The monoisotopic (exact) mass is 220 g/mol. The highest BCUT2D eigenvalue weighted by atomic mass is 16.5. The molecular weight excluding hydrogens is 204 g/mol. The number of nitrogens with zero attached hydrogens (tertiary/aromatic N) is 1. The highest BCUT2D eigenvalue weighted by Gasteiger charge is 2.26. The number of primary amides is 1. The SMILES string of the molecule is NC(=O)[C@@H](c1ccccc1)N1CCOCC1. The summed E-state index contributed by atoms with van der Waals surface area (Å²) in [5.74, 6) is -0.298. The Morgan fingerprint density at radius 1 is 1.25 bits per heavy atom. The van der Waals surface area contributed by atoms with Crippen molar-refractivity contribution in [1.82, 2.24) is 4.90 Å². The quantitative estimate of drug-likeness (QED) is 0.809. The van der Waals surface area contributed by atoms with Gasteiger partial charge in [-0.25, -0.2) is 0 Å². The van der Waals surface area contributed by atoms with Crippen molar-refractivity contribution in [3.8, 4) is 0 Å². The highest BCUT2D eigenvalue weighted by Crippen LogP contribution is 2.20. The van der Waals surface area contributed by atoms with E-state index in [1.54, 1.807) is 0 Å². The highest BCUT2D eigenvalue weighted by molar-refractivity contribution is 5.81. The van der Waals surface area contributed by atoms with E-state index in [0.29, 0.717) is 13.2 Å². The fourth-order valence-electron chi connectivity index (χ4n) is 2.03. The first-order valence-corrected chi connectivity index (χ1v) is 5.45. The van der Waals surface area contributed by atoms with Gasteiger partial charge in [0.1, 0.15) is 6.04 Å². The lowest BCUT2D eigenvalue weighted by Crippen LogP contribution is -2.44.